The first kappa shape index (κ1) is 16.1. The summed E-state index contributed by atoms with van der Waals surface area (Å²) in [4.78, 5) is 12.7. The molecule has 23 heavy (non-hydrogen) atoms. The summed E-state index contributed by atoms with van der Waals surface area (Å²) >= 11 is 5.91. The minimum absolute atomic E-state index is 0.220. The maximum absolute atomic E-state index is 13.2. The Labute approximate surface area is 136 Å². The van der Waals surface area contributed by atoms with Crippen LogP contribution in [0.1, 0.15) is 45.7 Å². The van der Waals surface area contributed by atoms with E-state index in [2.05, 4.69) is 5.10 Å². The minimum Gasteiger partial charge on any atom is -0.267 e. The number of nitrogens with zero attached hydrogens (tertiary/aromatic N) is 2. The lowest BCUT2D eigenvalue weighted by molar-refractivity contribution is -0.137. The Bertz CT molecular complexity index is 780. The van der Waals surface area contributed by atoms with E-state index in [0.29, 0.717) is 17.8 Å². The number of hydrogen-bond acceptors (Lipinski definition) is 2. The zero-order valence-electron chi connectivity index (χ0n) is 12.4. The molecule has 0 saturated carbocycles. The van der Waals surface area contributed by atoms with Gasteiger partial charge in [-0.2, -0.15) is 18.3 Å². The highest BCUT2D eigenvalue weighted by molar-refractivity contribution is 6.34. The van der Waals surface area contributed by atoms with Crippen LogP contribution in [0.25, 0.3) is 0 Å². The number of benzene rings is 1. The van der Waals surface area contributed by atoms with Crippen LogP contribution in [0.2, 0.25) is 5.02 Å². The summed E-state index contributed by atoms with van der Waals surface area (Å²) < 4.78 is 40.7. The van der Waals surface area contributed by atoms with Crippen LogP contribution in [-0.2, 0) is 19.0 Å². The lowest BCUT2D eigenvalue weighted by Gasteiger charge is -2.16. The van der Waals surface area contributed by atoms with Gasteiger partial charge in [0.2, 0.25) is 0 Å². The molecule has 0 unspecified atom stereocenters. The highest BCUT2D eigenvalue weighted by Gasteiger charge is 2.37. The van der Waals surface area contributed by atoms with Crippen LogP contribution < -0.4 is 0 Å². The molecule has 0 fully saturated rings. The van der Waals surface area contributed by atoms with Crippen LogP contribution in [0.5, 0.6) is 0 Å². The third-order valence-corrected chi connectivity index (χ3v) is 4.42. The number of halogens is 4. The van der Waals surface area contributed by atoms with Gasteiger partial charge in [0.15, 0.2) is 0 Å². The van der Waals surface area contributed by atoms with Crippen molar-refractivity contribution >= 4 is 17.5 Å². The molecule has 0 N–H and O–H groups in total. The summed E-state index contributed by atoms with van der Waals surface area (Å²) in [6, 6.07) is 3.33. The first-order valence-electron chi connectivity index (χ1n) is 7.28. The van der Waals surface area contributed by atoms with Crippen molar-refractivity contribution in [3.63, 3.8) is 0 Å². The molecule has 7 heteroatoms. The summed E-state index contributed by atoms with van der Waals surface area (Å²) in [6.45, 7) is 1.77. The largest absolute Gasteiger partial charge is 0.417 e. The van der Waals surface area contributed by atoms with Crippen molar-refractivity contribution < 1.29 is 18.0 Å². The van der Waals surface area contributed by atoms with Gasteiger partial charge in [-0.25, -0.2) is 4.68 Å². The van der Waals surface area contributed by atoms with Crippen molar-refractivity contribution in [3.8, 4) is 0 Å². The standard InChI is InChI=1S/C16H14ClF3N2O/c1-9-10-5-2-3-8-13(10)22(21-9)15(23)14-11(16(18,19)20)6-4-7-12(14)17/h4,6-7H,2-3,5,8H2,1H3. The van der Waals surface area contributed by atoms with Crippen LogP contribution in [0, 0.1) is 6.92 Å². The van der Waals surface area contributed by atoms with Crippen LogP contribution in [0.15, 0.2) is 18.2 Å². The molecule has 1 aliphatic rings. The van der Waals surface area contributed by atoms with Crippen molar-refractivity contribution in [2.24, 2.45) is 0 Å². The Morgan fingerprint density at radius 3 is 2.65 bits per heavy atom. The number of hydrogen-bond donors (Lipinski definition) is 0. The lowest BCUT2D eigenvalue weighted by Crippen LogP contribution is -2.22. The van der Waals surface area contributed by atoms with Gasteiger partial charge in [0, 0.05) is 0 Å². The highest BCUT2D eigenvalue weighted by atomic mass is 35.5. The van der Waals surface area contributed by atoms with E-state index in [4.69, 9.17) is 11.6 Å². The predicted octanol–water partition coefficient (Wildman–Crippen LogP) is 4.43. The minimum atomic E-state index is -4.65. The second-order valence-corrected chi connectivity index (χ2v) is 6.00. The number of fused-ring (bicyclic) bond motifs is 1. The lowest BCUT2D eigenvalue weighted by atomic mass is 9.96. The molecular formula is C16H14ClF3N2O. The Balaban J connectivity index is 2.16. The van der Waals surface area contributed by atoms with Crippen LogP contribution in [-0.4, -0.2) is 15.7 Å². The van der Waals surface area contributed by atoms with E-state index in [-0.39, 0.29) is 5.02 Å². The molecule has 1 aromatic carbocycles. The third kappa shape index (κ3) is 2.76. The zero-order valence-corrected chi connectivity index (χ0v) is 13.1. The monoisotopic (exact) mass is 342 g/mol. The van der Waals surface area contributed by atoms with E-state index in [9.17, 15) is 18.0 Å². The van der Waals surface area contributed by atoms with E-state index >= 15 is 0 Å². The van der Waals surface area contributed by atoms with Gasteiger partial charge in [-0.15, -0.1) is 0 Å². The number of carbonyl (C=O) groups excluding carboxylic acids is 1. The van der Waals surface area contributed by atoms with Gasteiger partial charge >= 0.3 is 6.18 Å². The summed E-state index contributed by atoms with van der Waals surface area (Å²) in [5, 5.41) is 3.95. The van der Waals surface area contributed by atoms with E-state index < -0.39 is 23.2 Å². The fraction of sp³-hybridized carbons (Fsp3) is 0.375. The first-order chi connectivity index (χ1) is 10.8. The van der Waals surface area contributed by atoms with Gasteiger partial charge in [0.1, 0.15) is 0 Å². The highest BCUT2D eigenvalue weighted by Crippen LogP contribution is 2.36. The fourth-order valence-corrected chi connectivity index (χ4v) is 3.29. The normalized spacial score (nSPS) is 14.7. The van der Waals surface area contributed by atoms with Gasteiger partial charge in [-0.1, -0.05) is 17.7 Å². The Kier molecular flexibility index (Phi) is 3.96. The second-order valence-electron chi connectivity index (χ2n) is 5.59. The van der Waals surface area contributed by atoms with Crippen LogP contribution in [0.4, 0.5) is 13.2 Å². The molecule has 2 aromatic rings. The molecule has 0 spiro atoms. The van der Waals surface area contributed by atoms with Crippen LogP contribution >= 0.6 is 11.6 Å². The Morgan fingerprint density at radius 1 is 1.26 bits per heavy atom. The topological polar surface area (TPSA) is 34.9 Å². The zero-order chi connectivity index (χ0) is 16.8. The average Bonchev–Trinajstić information content (AvgIpc) is 2.83. The number of aromatic nitrogens is 2. The molecule has 122 valence electrons. The second kappa shape index (κ2) is 5.67. The smallest absolute Gasteiger partial charge is 0.267 e. The SMILES string of the molecule is Cc1nn(C(=O)c2c(Cl)cccc2C(F)(F)F)c2c1CCCC2. The van der Waals surface area contributed by atoms with Gasteiger partial charge in [-0.3, -0.25) is 4.79 Å². The number of aryl methyl sites for hydroxylation is 1. The molecule has 3 rings (SSSR count). The molecule has 0 radical (unpaired) electrons. The molecule has 0 aliphatic heterocycles. The third-order valence-electron chi connectivity index (χ3n) is 4.11. The number of rotatable bonds is 1. The van der Waals surface area contributed by atoms with Crippen molar-refractivity contribution in [2.75, 3.05) is 0 Å². The molecule has 0 bridgehead atoms. The molecular weight excluding hydrogens is 329 g/mol. The first-order valence-corrected chi connectivity index (χ1v) is 7.66. The molecule has 0 atom stereocenters. The van der Waals surface area contributed by atoms with Crippen molar-refractivity contribution in [2.45, 2.75) is 38.8 Å². The molecule has 1 heterocycles. The maximum atomic E-state index is 13.2. The van der Waals surface area contributed by atoms with Crippen molar-refractivity contribution in [1.29, 1.82) is 0 Å². The Hall–Kier alpha value is -1.82. The van der Waals surface area contributed by atoms with E-state index in [1.807, 2.05) is 0 Å². The predicted molar refractivity (Wildman–Crippen MR) is 79.8 cm³/mol. The average molecular weight is 343 g/mol. The van der Waals surface area contributed by atoms with E-state index in [1.54, 1.807) is 6.92 Å². The molecule has 0 saturated heterocycles. The van der Waals surface area contributed by atoms with Crippen molar-refractivity contribution in [3.05, 3.63) is 51.3 Å². The van der Waals surface area contributed by atoms with Gasteiger partial charge in [-0.05, 0) is 50.3 Å². The van der Waals surface area contributed by atoms with Gasteiger partial charge in [0.05, 0.1) is 27.5 Å². The van der Waals surface area contributed by atoms with Crippen molar-refractivity contribution in [1.82, 2.24) is 9.78 Å². The summed E-state index contributed by atoms with van der Waals surface area (Å²) in [7, 11) is 0. The Morgan fingerprint density at radius 2 is 1.96 bits per heavy atom. The maximum Gasteiger partial charge on any atom is 0.417 e. The number of alkyl halides is 3. The van der Waals surface area contributed by atoms with E-state index in [1.165, 1.54) is 12.1 Å². The molecule has 1 aromatic heterocycles. The molecule has 3 nitrogen and oxygen atoms in total. The summed E-state index contributed by atoms with van der Waals surface area (Å²) in [5.74, 6) is -0.825. The number of carbonyl (C=O) groups is 1. The summed E-state index contributed by atoms with van der Waals surface area (Å²) in [6.07, 6.45) is -1.34. The molecule has 0 amide bonds. The van der Waals surface area contributed by atoms with Gasteiger partial charge in [0.25, 0.3) is 5.91 Å². The van der Waals surface area contributed by atoms with E-state index in [0.717, 1.165) is 35.6 Å². The quantitative estimate of drug-likeness (QED) is 0.768. The summed E-state index contributed by atoms with van der Waals surface area (Å²) in [5.41, 5.74) is 0.774. The molecule has 1 aliphatic carbocycles. The fourth-order valence-electron chi connectivity index (χ4n) is 3.04. The van der Waals surface area contributed by atoms with Gasteiger partial charge < -0.3 is 0 Å². The van der Waals surface area contributed by atoms with Crippen LogP contribution in [0.3, 0.4) is 0 Å².